The largest absolute Gasteiger partial charge is 0.432 e. The lowest BCUT2D eigenvalue weighted by atomic mass is 9.89. The molecule has 0 N–H and O–H groups in total. The van der Waals surface area contributed by atoms with Gasteiger partial charge in [-0.1, -0.05) is 63.4 Å². The Morgan fingerprint density at radius 2 is 1.56 bits per heavy atom. The van der Waals surface area contributed by atoms with E-state index in [1.807, 2.05) is 12.1 Å². The molecule has 1 nitrogen and oxygen atoms in total. The van der Waals surface area contributed by atoms with Gasteiger partial charge in [0.2, 0.25) is 0 Å². The van der Waals surface area contributed by atoms with Gasteiger partial charge in [0.05, 0.1) is 0 Å². The van der Waals surface area contributed by atoms with Crippen molar-refractivity contribution in [2.75, 3.05) is 0 Å². The Morgan fingerprint density at radius 3 is 2.12 bits per heavy atom. The molecule has 0 heterocycles. The summed E-state index contributed by atoms with van der Waals surface area (Å²) in [5.74, 6) is -0.663. The van der Waals surface area contributed by atoms with Crippen LogP contribution in [0.2, 0.25) is 0 Å². The van der Waals surface area contributed by atoms with E-state index in [0.29, 0.717) is 11.5 Å². The van der Waals surface area contributed by atoms with Crippen molar-refractivity contribution in [1.82, 2.24) is 0 Å². The minimum Gasteiger partial charge on any atom is -0.432 e. The van der Waals surface area contributed by atoms with Crippen molar-refractivity contribution in [3.05, 3.63) is 53.8 Å². The minimum absolute atomic E-state index is 0.432. The third kappa shape index (κ3) is 5.52. The molecule has 0 aliphatic carbocycles. The van der Waals surface area contributed by atoms with Gasteiger partial charge in [0, 0.05) is 0 Å². The van der Waals surface area contributed by atoms with Gasteiger partial charge in [0.15, 0.2) is 11.6 Å². The van der Waals surface area contributed by atoms with E-state index in [1.54, 1.807) is 6.07 Å². The van der Waals surface area contributed by atoms with Crippen molar-refractivity contribution in [3.8, 4) is 16.9 Å². The van der Waals surface area contributed by atoms with Crippen LogP contribution in [0.1, 0.15) is 57.4 Å². The number of alkyl halides is 2. The first-order valence-electron chi connectivity index (χ1n) is 8.89. The van der Waals surface area contributed by atoms with Gasteiger partial charge in [0.1, 0.15) is 0 Å². The number of halogens is 3. The first kappa shape index (κ1) is 19.4. The molecule has 0 aromatic heterocycles. The summed E-state index contributed by atoms with van der Waals surface area (Å²) in [5, 5.41) is 0. The fourth-order valence-electron chi connectivity index (χ4n) is 3.10. The number of hydrogen-bond acceptors (Lipinski definition) is 1. The van der Waals surface area contributed by atoms with Crippen LogP contribution in [0.25, 0.3) is 11.1 Å². The SMILES string of the molecule is CCCCC(CCC)c1ccc(-c2ccc(OC(F)F)c(F)c2)cc1. The highest BCUT2D eigenvalue weighted by molar-refractivity contribution is 5.64. The van der Waals surface area contributed by atoms with Gasteiger partial charge in [-0.15, -0.1) is 0 Å². The quantitative estimate of drug-likeness (QED) is 0.466. The molecule has 4 heteroatoms. The Labute approximate surface area is 147 Å². The molecule has 0 spiro atoms. The van der Waals surface area contributed by atoms with Crippen molar-refractivity contribution in [1.29, 1.82) is 0 Å². The fourth-order valence-corrected chi connectivity index (χ4v) is 3.10. The molecule has 0 aliphatic heterocycles. The van der Waals surface area contributed by atoms with Gasteiger partial charge >= 0.3 is 6.61 Å². The van der Waals surface area contributed by atoms with Gasteiger partial charge in [-0.3, -0.25) is 0 Å². The smallest absolute Gasteiger partial charge is 0.387 e. The highest BCUT2D eigenvalue weighted by Crippen LogP contribution is 2.31. The van der Waals surface area contributed by atoms with E-state index < -0.39 is 18.2 Å². The second-order valence-electron chi connectivity index (χ2n) is 6.27. The van der Waals surface area contributed by atoms with E-state index in [0.717, 1.165) is 18.4 Å². The van der Waals surface area contributed by atoms with Gasteiger partial charge in [-0.05, 0) is 47.6 Å². The summed E-state index contributed by atoms with van der Waals surface area (Å²) in [6.07, 6.45) is 5.88. The van der Waals surface area contributed by atoms with Crippen LogP contribution in [0.4, 0.5) is 13.2 Å². The van der Waals surface area contributed by atoms with Crippen LogP contribution in [-0.2, 0) is 0 Å². The molecule has 0 saturated carbocycles. The average molecular weight is 350 g/mol. The van der Waals surface area contributed by atoms with Gasteiger partial charge in [-0.2, -0.15) is 8.78 Å². The first-order valence-corrected chi connectivity index (χ1v) is 8.89. The second kappa shape index (κ2) is 9.50. The molecule has 0 saturated heterocycles. The van der Waals surface area contributed by atoms with Crippen LogP contribution in [0.15, 0.2) is 42.5 Å². The van der Waals surface area contributed by atoms with Crippen molar-refractivity contribution in [3.63, 3.8) is 0 Å². The fraction of sp³-hybridized carbons (Fsp3) is 0.429. The zero-order valence-electron chi connectivity index (χ0n) is 14.8. The van der Waals surface area contributed by atoms with Crippen LogP contribution in [0.5, 0.6) is 5.75 Å². The Kier molecular flexibility index (Phi) is 7.35. The van der Waals surface area contributed by atoms with E-state index >= 15 is 0 Å². The monoisotopic (exact) mass is 350 g/mol. The maximum absolute atomic E-state index is 13.9. The number of unbranched alkanes of at least 4 members (excludes halogenated alkanes) is 1. The normalized spacial score (nSPS) is 12.4. The summed E-state index contributed by atoms with van der Waals surface area (Å²) < 4.78 is 42.4. The summed E-state index contributed by atoms with van der Waals surface area (Å²) >= 11 is 0. The molecular weight excluding hydrogens is 325 g/mol. The van der Waals surface area contributed by atoms with Crippen LogP contribution >= 0.6 is 0 Å². The van der Waals surface area contributed by atoms with Crippen molar-refractivity contribution < 1.29 is 17.9 Å². The number of ether oxygens (including phenoxy) is 1. The summed E-state index contributed by atoms with van der Waals surface area (Å²) in [5.41, 5.74) is 2.81. The summed E-state index contributed by atoms with van der Waals surface area (Å²) in [6.45, 7) is 1.36. The molecule has 0 bridgehead atoms. The maximum Gasteiger partial charge on any atom is 0.387 e. The summed E-state index contributed by atoms with van der Waals surface area (Å²) in [6, 6.07) is 12.2. The predicted octanol–water partition coefficient (Wildman–Crippen LogP) is 7.17. The van der Waals surface area contributed by atoms with Crippen LogP contribution in [0.3, 0.4) is 0 Å². The summed E-state index contributed by atoms with van der Waals surface area (Å²) in [7, 11) is 0. The molecule has 2 aromatic rings. The highest BCUT2D eigenvalue weighted by Gasteiger charge is 2.13. The Hall–Kier alpha value is -1.97. The second-order valence-corrected chi connectivity index (χ2v) is 6.27. The lowest BCUT2D eigenvalue weighted by Crippen LogP contribution is -2.03. The molecule has 0 radical (unpaired) electrons. The first-order chi connectivity index (χ1) is 12.0. The van der Waals surface area contributed by atoms with Crippen LogP contribution < -0.4 is 4.74 Å². The molecule has 136 valence electrons. The number of hydrogen-bond donors (Lipinski definition) is 0. The highest BCUT2D eigenvalue weighted by atomic mass is 19.3. The molecule has 25 heavy (non-hydrogen) atoms. The van der Waals surface area contributed by atoms with E-state index in [9.17, 15) is 13.2 Å². The predicted molar refractivity (Wildman–Crippen MR) is 95.6 cm³/mol. The Bertz CT molecular complexity index is 653. The van der Waals surface area contributed by atoms with Crippen LogP contribution in [0, 0.1) is 5.82 Å². The zero-order chi connectivity index (χ0) is 18.2. The Morgan fingerprint density at radius 1 is 0.880 bits per heavy atom. The molecule has 2 aromatic carbocycles. The minimum atomic E-state index is -3.03. The third-order valence-electron chi connectivity index (χ3n) is 4.41. The average Bonchev–Trinajstić information content (AvgIpc) is 2.60. The topological polar surface area (TPSA) is 9.23 Å². The van der Waals surface area contributed by atoms with Gasteiger partial charge < -0.3 is 4.74 Å². The van der Waals surface area contributed by atoms with Crippen molar-refractivity contribution in [2.24, 2.45) is 0 Å². The van der Waals surface area contributed by atoms with E-state index in [-0.39, 0.29) is 0 Å². The van der Waals surface area contributed by atoms with Crippen LogP contribution in [-0.4, -0.2) is 6.61 Å². The number of benzene rings is 2. The lowest BCUT2D eigenvalue weighted by Gasteiger charge is -2.17. The molecular formula is C21H25F3O. The summed E-state index contributed by atoms with van der Waals surface area (Å²) in [4.78, 5) is 0. The molecule has 0 aliphatic rings. The van der Waals surface area contributed by atoms with E-state index in [1.165, 1.54) is 37.0 Å². The molecule has 1 atom stereocenters. The molecule has 0 amide bonds. The standard InChI is InChI=1S/C21H25F3O/c1-3-5-7-15(6-4-2)16-8-10-17(11-9-16)18-12-13-20(19(22)14-18)25-21(23)24/h8-15,21H,3-7H2,1-2H3. The lowest BCUT2D eigenvalue weighted by molar-refractivity contribution is -0.0521. The molecule has 1 unspecified atom stereocenters. The third-order valence-corrected chi connectivity index (χ3v) is 4.41. The van der Waals surface area contributed by atoms with Gasteiger partial charge in [0.25, 0.3) is 0 Å². The van der Waals surface area contributed by atoms with Crippen molar-refractivity contribution >= 4 is 0 Å². The van der Waals surface area contributed by atoms with E-state index in [2.05, 4.69) is 30.7 Å². The molecule has 2 rings (SSSR count). The molecule has 0 fully saturated rings. The maximum atomic E-state index is 13.9. The number of rotatable bonds is 9. The van der Waals surface area contributed by atoms with E-state index in [4.69, 9.17) is 0 Å². The zero-order valence-corrected chi connectivity index (χ0v) is 14.8. The van der Waals surface area contributed by atoms with Crippen molar-refractivity contribution in [2.45, 2.75) is 58.5 Å². The van der Waals surface area contributed by atoms with Gasteiger partial charge in [-0.25, -0.2) is 4.39 Å². The Balaban J connectivity index is 2.17.